The number of rotatable bonds is 8. The second-order valence-corrected chi connectivity index (χ2v) is 6.25. The van der Waals surface area contributed by atoms with Crippen molar-refractivity contribution in [2.75, 3.05) is 0 Å². The molecule has 0 amide bonds. The molecule has 1 atom stereocenters. The molecule has 2 rings (SSSR count). The minimum absolute atomic E-state index is 0.00541. The number of pyridine rings is 1. The Hall–Kier alpha value is -2.03. The van der Waals surface area contributed by atoms with E-state index in [0.717, 1.165) is 4.88 Å². The summed E-state index contributed by atoms with van der Waals surface area (Å²) in [5.74, 6) is -1.90. The summed E-state index contributed by atoms with van der Waals surface area (Å²) in [6, 6.07) is 6.44. The minimum atomic E-state index is -1.67. The lowest BCUT2D eigenvalue weighted by molar-refractivity contribution is -0.118. The first kappa shape index (κ1) is 17.3. The number of hydrogen-bond acceptors (Lipinski definition) is 6. The topological polar surface area (TPSA) is 108 Å². The van der Waals surface area contributed by atoms with Crippen LogP contribution >= 0.6 is 11.3 Å². The van der Waals surface area contributed by atoms with Crippen LogP contribution in [0.5, 0.6) is 0 Å². The molecule has 0 radical (unpaired) electrons. The van der Waals surface area contributed by atoms with Crippen molar-refractivity contribution in [3.05, 3.63) is 52.0 Å². The summed E-state index contributed by atoms with van der Waals surface area (Å²) < 4.78 is 0. The van der Waals surface area contributed by atoms with Crippen LogP contribution in [0, 0.1) is 0 Å². The molecular formula is C15H16BNO5S. The Kier molecular flexibility index (Phi) is 6.03. The standard InChI is InChI=1S/C15H16BNO5S/c18-13(9-14-2-1-5-23-14)8-11(16(21)22)7-12-6-10(15(19)20)3-4-17-12/h1-6,11,21-22H,7-9H2,(H,19,20)/t11-/m0/s1. The molecule has 0 spiro atoms. The van der Waals surface area contributed by atoms with Crippen molar-refractivity contribution < 1.29 is 24.7 Å². The maximum atomic E-state index is 12.1. The molecule has 0 saturated carbocycles. The van der Waals surface area contributed by atoms with Gasteiger partial charge in [-0.25, -0.2) is 4.79 Å². The first-order valence-electron chi connectivity index (χ1n) is 7.04. The van der Waals surface area contributed by atoms with E-state index in [1.807, 2.05) is 17.5 Å². The number of Topliss-reactive ketones (excluding diaryl/α,β-unsaturated/α-hetero) is 1. The Morgan fingerprint density at radius 2 is 2.09 bits per heavy atom. The first-order valence-corrected chi connectivity index (χ1v) is 7.92. The number of nitrogens with zero attached hydrogens (tertiary/aromatic N) is 1. The molecule has 2 aromatic rings. The summed E-state index contributed by atoms with van der Waals surface area (Å²) in [6.07, 6.45) is 1.72. The van der Waals surface area contributed by atoms with Gasteiger partial charge in [-0.1, -0.05) is 6.07 Å². The molecule has 0 fully saturated rings. The summed E-state index contributed by atoms with van der Waals surface area (Å²) >= 11 is 1.47. The number of aromatic carboxylic acids is 1. The van der Waals surface area contributed by atoms with E-state index in [9.17, 15) is 19.6 Å². The van der Waals surface area contributed by atoms with E-state index in [2.05, 4.69) is 4.98 Å². The summed E-state index contributed by atoms with van der Waals surface area (Å²) in [4.78, 5) is 28.0. The van der Waals surface area contributed by atoms with Gasteiger partial charge in [-0.3, -0.25) is 9.78 Å². The zero-order valence-corrected chi connectivity index (χ0v) is 13.1. The fourth-order valence-electron chi connectivity index (χ4n) is 2.25. The highest BCUT2D eigenvalue weighted by atomic mass is 32.1. The molecular weight excluding hydrogens is 317 g/mol. The maximum absolute atomic E-state index is 12.1. The Morgan fingerprint density at radius 1 is 1.30 bits per heavy atom. The van der Waals surface area contributed by atoms with Gasteiger partial charge in [-0.2, -0.15) is 0 Å². The highest BCUT2D eigenvalue weighted by Crippen LogP contribution is 2.21. The molecule has 6 nitrogen and oxygen atoms in total. The third-order valence-corrected chi connectivity index (χ3v) is 4.27. The number of carbonyl (C=O) groups excluding carboxylic acids is 1. The van der Waals surface area contributed by atoms with Gasteiger partial charge in [0.25, 0.3) is 0 Å². The van der Waals surface area contributed by atoms with Gasteiger partial charge in [0.1, 0.15) is 5.78 Å². The van der Waals surface area contributed by atoms with Gasteiger partial charge in [-0.15, -0.1) is 11.3 Å². The average molecular weight is 333 g/mol. The van der Waals surface area contributed by atoms with E-state index < -0.39 is 18.9 Å². The molecule has 0 aliphatic carbocycles. The largest absolute Gasteiger partial charge is 0.478 e. The van der Waals surface area contributed by atoms with Crippen molar-refractivity contribution in [1.29, 1.82) is 0 Å². The van der Waals surface area contributed by atoms with E-state index in [4.69, 9.17) is 5.11 Å². The Bertz CT molecular complexity index is 674. The van der Waals surface area contributed by atoms with Gasteiger partial charge < -0.3 is 15.2 Å². The van der Waals surface area contributed by atoms with Crippen LogP contribution in [0.15, 0.2) is 35.8 Å². The molecule has 0 bridgehead atoms. The van der Waals surface area contributed by atoms with Gasteiger partial charge in [0, 0.05) is 35.4 Å². The van der Waals surface area contributed by atoms with Crippen LogP contribution in [0.2, 0.25) is 5.82 Å². The van der Waals surface area contributed by atoms with Gasteiger partial charge in [0.15, 0.2) is 0 Å². The Labute approximate surface area is 137 Å². The summed E-state index contributed by atoms with van der Waals surface area (Å²) in [5.41, 5.74) is 0.484. The summed E-state index contributed by atoms with van der Waals surface area (Å²) in [6.45, 7) is 0. The Morgan fingerprint density at radius 3 is 2.70 bits per heavy atom. The van der Waals surface area contributed by atoms with Crippen molar-refractivity contribution in [1.82, 2.24) is 4.98 Å². The van der Waals surface area contributed by atoms with Crippen molar-refractivity contribution in [2.24, 2.45) is 0 Å². The zero-order valence-electron chi connectivity index (χ0n) is 12.3. The highest BCUT2D eigenvalue weighted by molar-refractivity contribution is 7.10. The van der Waals surface area contributed by atoms with E-state index in [0.29, 0.717) is 5.69 Å². The Balaban J connectivity index is 2.02. The molecule has 2 heterocycles. The van der Waals surface area contributed by atoms with Crippen LogP contribution in [-0.2, 0) is 17.6 Å². The van der Waals surface area contributed by atoms with Crippen molar-refractivity contribution in [2.45, 2.75) is 25.1 Å². The minimum Gasteiger partial charge on any atom is -0.478 e. The van der Waals surface area contributed by atoms with Crippen LogP contribution in [0.3, 0.4) is 0 Å². The summed E-state index contributed by atoms with van der Waals surface area (Å²) in [5, 5.41) is 29.8. The van der Waals surface area contributed by atoms with E-state index in [1.54, 1.807) is 0 Å². The molecule has 2 aromatic heterocycles. The number of hydrogen-bond donors (Lipinski definition) is 3. The predicted molar refractivity (Wildman–Crippen MR) is 86.5 cm³/mol. The normalized spacial score (nSPS) is 11.9. The van der Waals surface area contributed by atoms with Crippen LogP contribution in [0.4, 0.5) is 0 Å². The SMILES string of the molecule is O=C(Cc1cccs1)C[C@H](Cc1cc(C(=O)O)ccn1)B(O)O. The number of thiophene rings is 1. The number of carboxylic acids is 1. The van der Waals surface area contributed by atoms with Gasteiger partial charge >= 0.3 is 13.1 Å². The van der Waals surface area contributed by atoms with Gasteiger partial charge in [0.05, 0.1) is 5.56 Å². The van der Waals surface area contributed by atoms with E-state index in [-0.39, 0.29) is 30.6 Å². The molecule has 0 unspecified atom stereocenters. The van der Waals surface area contributed by atoms with Gasteiger partial charge in [-0.05, 0) is 30.0 Å². The predicted octanol–water partition coefficient (Wildman–Crippen LogP) is 1.43. The van der Waals surface area contributed by atoms with Crippen molar-refractivity contribution in [3.63, 3.8) is 0 Å². The lowest BCUT2D eigenvalue weighted by Crippen LogP contribution is -2.25. The fraction of sp³-hybridized carbons (Fsp3) is 0.267. The van der Waals surface area contributed by atoms with Crippen molar-refractivity contribution >= 4 is 30.2 Å². The monoisotopic (exact) mass is 333 g/mol. The number of ketones is 1. The number of carboxylic acid groups (broad SMARTS) is 1. The first-order chi connectivity index (χ1) is 11.0. The quantitative estimate of drug-likeness (QED) is 0.631. The fourth-order valence-corrected chi connectivity index (χ4v) is 2.98. The number of carbonyl (C=O) groups is 2. The van der Waals surface area contributed by atoms with Crippen molar-refractivity contribution in [3.8, 4) is 0 Å². The lowest BCUT2D eigenvalue weighted by atomic mass is 9.67. The van der Waals surface area contributed by atoms with Crippen LogP contribution in [-0.4, -0.2) is 39.0 Å². The summed E-state index contributed by atoms with van der Waals surface area (Å²) in [7, 11) is -1.67. The smallest absolute Gasteiger partial charge is 0.455 e. The van der Waals surface area contributed by atoms with Crippen LogP contribution < -0.4 is 0 Å². The highest BCUT2D eigenvalue weighted by Gasteiger charge is 2.27. The average Bonchev–Trinajstić information content (AvgIpc) is 2.99. The van der Waals surface area contributed by atoms with Crippen LogP contribution in [0.25, 0.3) is 0 Å². The molecule has 8 heteroatoms. The van der Waals surface area contributed by atoms with E-state index >= 15 is 0 Å². The molecule has 23 heavy (non-hydrogen) atoms. The molecule has 0 aliphatic heterocycles. The third-order valence-electron chi connectivity index (χ3n) is 3.40. The number of aromatic nitrogens is 1. The molecule has 3 N–H and O–H groups in total. The molecule has 0 aliphatic rings. The van der Waals surface area contributed by atoms with Gasteiger partial charge in [0.2, 0.25) is 0 Å². The zero-order chi connectivity index (χ0) is 16.8. The second-order valence-electron chi connectivity index (χ2n) is 5.22. The van der Waals surface area contributed by atoms with E-state index in [1.165, 1.54) is 29.7 Å². The lowest BCUT2D eigenvalue weighted by Gasteiger charge is -2.14. The molecule has 0 saturated heterocycles. The third kappa shape index (κ3) is 5.28. The maximum Gasteiger partial charge on any atom is 0.455 e. The molecule has 120 valence electrons. The molecule has 0 aromatic carbocycles. The second kappa shape index (κ2) is 8.00. The van der Waals surface area contributed by atoms with Crippen LogP contribution in [0.1, 0.15) is 27.3 Å².